The summed E-state index contributed by atoms with van der Waals surface area (Å²) in [6.45, 7) is 0.281. The van der Waals surface area contributed by atoms with Gasteiger partial charge in [0.2, 0.25) is 15.9 Å². The van der Waals surface area contributed by atoms with Gasteiger partial charge in [-0.3, -0.25) is 9.59 Å². The van der Waals surface area contributed by atoms with Crippen molar-refractivity contribution in [3.8, 4) is 5.75 Å². The molecule has 1 aliphatic rings. The molecular weight excluding hydrogens is 705 g/mol. The minimum absolute atomic E-state index is 0.0128. The van der Waals surface area contributed by atoms with Crippen LogP contribution in [0.2, 0.25) is 0 Å². The minimum Gasteiger partial charge on any atom is -0.496 e. The van der Waals surface area contributed by atoms with Crippen LogP contribution in [0.25, 0.3) is 10.1 Å². The molecule has 0 spiro atoms. The molecule has 1 saturated heterocycles. The zero-order chi connectivity index (χ0) is 35.9. The first-order valence-corrected chi connectivity index (χ1v) is 16.7. The van der Waals surface area contributed by atoms with Gasteiger partial charge in [-0.05, 0) is 61.4 Å². The summed E-state index contributed by atoms with van der Waals surface area (Å²) in [6, 6.07) is 7.68. The Bertz CT molecular complexity index is 2030. The van der Waals surface area contributed by atoms with Crippen LogP contribution < -0.4 is 21.1 Å². The van der Waals surface area contributed by atoms with Gasteiger partial charge in [0.1, 0.15) is 11.6 Å². The highest BCUT2D eigenvalue weighted by molar-refractivity contribution is 7.89. The van der Waals surface area contributed by atoms with Gasteiger partial charge in [-0.1, -0.05) is 6.07 Å². The Hall–Kier alpha value is -4.26. The van der Waals surface area contributed by atoms with Crippen molar-refractivity contribution in [1.82, 2.24) is 4.31 Å². The average Bonchev–Trinajstić information content (AvgIpc) is 3.36. The Balaban J connectivity index is 1.50. The van der Waals surface area contributed by atoms with Crippen molar-refractivity contribution in [2.75, 3.05) is 30.8 Å². The van der Waals surface area contributed by atoms with E-state index in [9.17, 15) is 48.7 Å². The lowest BCUT2D eigenvalue weighted by molar-refractivity contribution is -0.140. The Morgan fingerprint density at radius 1 is 1.00 bits per heavy atom. The number of nitrogens with zero attached hydrogens (tertiary/aromatic N) is 1. The van der Waals surface area contributed by atoms with Crippen LogP contribution in [0.1, 0.15) is 39.2 Å². The molecule has 0 radical (unpaired) electrons. The highest BCUT2D eigenvalue weighted by atomic mass is 32.2. The lowest BCUT2D eigenvalue weighted by atomic mass is 10.1. The van der Waals surface area contributed by atoms with E-state index >= 15 is 0 Å². The molecule has 1 aliphatic heterocycles. The highest BCUT2D eigenvalue weighted by Crippen LogP contribution is 2.41. The molecule has 2 amide bonds. The molecule has 5 rings (SSSR count). The molecule has 0 bridgehead atoms. The van der Waals surface area contributed by atoms with E-state index in [2.05, 4.69) is 10.6 Å². The maximum atomic E-state index is 13.8. The predicted octanol–water partition coefficient (Wildman–Crippen LogP) is 6.63. The molecule has 2 heterocycles. The van der Waals surface area contributed by atoms with Gasteiger partial charge in [-0.2, -0.15) is 30.6 Å². The number of sulfonamides is 1. The van der Waals surface area contributed by atoms with E-state index in [0.29, 0.717) is 36.3 Å². The summed E-state index contributed by atoms with van der Waals surface area (Å²) < 4.78 is 127. The zero-order valence-corrected chi connectivity index (χ0v) is 27.0. The van der Waals surface area contributed by atoms with Crippen molar-refractivity contribution >= 4 is 54.6 Å². The van der Waals surface area contributed by atoms with Crippen molar-refractivity contribution in [2.45, 2.75) is 42.6 Å². The molecule has 1 aromatic heterocycles. The van der Waals surface area contributed by atoms with Crippen LogP contribution >= 0.6 is 11.3 Å². The number of thiophene rings is 1. The van der Waals surface area contributed by atoms with Crippen molar-refractivity contribution in [3.05, 3.63) is 82.0 Å². The quantitative estimate of drug-likeness (QED) is 0.175. The lowest BCUT2D eigenvalue weighted by Gasteiger charge is -2.30. The number of carbonyl (C=O) groups excluding carboxylic acids is 2. The number of benzene rings is 3. The Morgan fingerprint density at radius 2 is 1.73 bits per heavy atom. The standard InChI is InChI=1S/C31H27F7N4O5S2/c1-47-24-9-6-19(49(45,46)42-10-2-3-17(39)15-42)13-21(24)29(44)41-28-20-7-4-16(30(33,34)35)11-25(20)48-26(28)14-27(43)40-18-5-8-23(32)22(12-18)31(36,37)38/h4-9,11-13,17H,2-3,10,14-15,39H2,1H3,(H,40,43)(H,41,44)/t17-/m1/s1. The van der Waals surface area contributed by atoms with Crippen LogP contribution in [0.15, 0.2) is 59.5 Å². The highest BCUT2D eigenvalue weighted by Gasteiger charge is 2.35. The summed E-state index contributed by atoms with van der Waals surface area (Å²) in [5.41, 5.74) is 2.57. The van der Waals surface area contributed by atoms with E-state index in [0.717, 1.165) is 30.3 Å². The Labute approximate surface area is 278 Å². The fraction of sp³-hybridized carbons (Fsp3) is 0.290. The van der Waals surface area contributed by atoms with Gasteiger partial charge in [0.15, 0.2) is 0 Å². The van der Waals surface area contributed by atoms with Crippen molar-refractivity contribution in [3.63, 3.8) is 0 Å². The number of piperidine rings is 1. The molecule has 1 atom stereocenters. The fourth-order valence-corrected chi connectivity index (χ4v) is 8.06. The van der Waals surface area contributed by atoms with Crippen LogP contribution in [0.4, 0.5) is 42.1 Å². The first kappa shape index (κ1) is 36.0. The second kappa shape index (κ2) is 13.6. The number of nitrogens with one attached hydrogen (secondary N) is 2. The molecule has 0 saturated carbocycles. The first-order chi connectivity index (χ1) is 22.9. The van der Waals surface area contributed by atoms with Gasteiger partial charge >= 0.3 is 12.4 Å². The molecule has 0 unspecified atom stereocenters. The molecule has 18 heteroatoms. The number of alkyl halides is 6. The summed E-state index contributed by atoms with van der Waals surface area (Å²) >= 11 is 0.715. The predicted molar refractivity (Wildman–Crippen MR) is 167 cm³/mol. The largest absolute Gasteiger partial charge is 0.496 e. The number of anilines is 2. The number of methoxy groups -OCH3 is 1. The third-order valence-electron chi connectivity index (χ3n) is 7.68. The first-order valence-electron chi connectivity index (χ1n) is 14.4. The number of halogens is 7. The van der Waals surface area contributed by atoms with Gasteiger partial charge in [-0.25, -0.2) is 12.8 Å². The monoisotopic (exact) mass is 732 g/mol. The van der Waals surface area contributed by atoms with Crippen molar-refractivity contribution in [2.24, 2.45) is 5.73 Å². The van der Waals surface area contributed by atoms with E-state index in [1.54, 1.807) is 0 Å². The van der Waals surface area contributed by atoms with Crippen molar-refractivity contribution in [1.29, 1.82) is 0 Å². The van der Waals surface area contributed by atoms with Gasteiger partial charge in [0.05, 0.1) is 40.8 Å². The van der Waals surface area contributed by atoms with Crippen molar-refractivity contribution < 1.29 is 53.5 Å². The second-order valence-electron chi connectivity index (χ2n) is 11.1. The molecular formula is C31H27F7N4O5S2. The molecule has 4 N–H and O–H groups in total. The van der Waals surface area contributed by atoms with Gasteiger partial charge in [0.25, 0.3) is 5.91 Å². The third-order valence-corrected chi connectivity index (χ3v) is 10.7. The van der Waals surface area contributed by atoms with E-state index in [1.807, 2.05) is 0 Å². The maximum absolute atomic E-state index is 13.8. The Morgan fingerprint density at radius 3 is 2.39 bits per heavy atom. The zero-order valence-electron chi connectivity index (χ0n) is 25.3. The number of hydrogen-bond acceptors (Lipinski definition) is 7. The maximum Gasteiger partial charge on any atom is 0.419 e. The molecule has 0 aliphatic carbocycles. The normalized spacial score (nSPS) is 16.1. The number of nitrogens with two attached hydrogens (primary N) is 1. The van der Waals surface area contributed by atoms with Crippen LogP contribution in [0, 0.1) is 5.82 Å². The summed E-state index contributed by atoms with van der Waals surface area (Å²) in [6.07, 6.45) is -9.24. The number of amides is 2. The number of rotatable bonds is 8. The van der Waals surface area contributed by atoms with E-state index in [4.69, 9.17) is 10.5 Å². The van der Waals surface area contributed by atoms with Gasteiger partial charge < -0.3 is 21.1 Å². The lowest BCUT2D eigenvalue weighted by Crippen LogP contribution is -2.45. The number of fused-ring (bicyclic) bond motifs is 1. The topological polar surface area (TPSA) is 131 Å². The van der Waals surface area contributed by atoms with Crippen LogP contribution in [-0.4, -0.2) is 50.8 Å². The van der Waals surface area contributed by atoms with Crippen LogP contribution in [-0.2, 0) is 33.6 Å². The van der Waals surface area contributed by atoms with Gasteiger partial charge in [-0.15, -0.1) is 11.3 Å². The molecule has 9 nitrogen and oxygen atoms in total. The van der Waals surface area contributed by atoms with Crippen LogP contribution in [0.3, 0.4) is 0 Å². The third kappa shape index (κ3) is 7.82. The molecule has 262 valence electrons. The molecule has 1 fully saturated rings. The molecule has 49 heavy (non-hydrogen) atoms. The molecule has 4 aromatic rings. The Kier molecular flexibility index (Phi) is 9.98. The summed E-state index contributed by atoms with van der Waals surface area (Å²) in [7, 11) is -2.86. The number of ether oxygens (including phenoxy) is 1. The summed E-state index contributed by atoms with van der Waals surface area (Å²) in [5.74, 6) is -3.46. The van der Waals surface area contributed by atoms with E-state index < -0.39 is 63.2 Å². The van der Waals surface area contributed by atoms with Gasteiger partial charge in [0, 0.05) is 39.8 Å². The average molecular weight is 733 g/mol. The second-order valence-corrected chi connectivity index (χ2v) is 14.2. The SMILES string of the molecule is COc1ccc(S(=O)(=O)N2CCC[C@@H](N)C2)cc1C(=O)Nc1c(CC(=O)Nc2ccc(F)c(C(F)(F)F)c2)sc2cc(C(F)(F)F)ccc12. The molecule has 3 aromatic carbocycles. The minimum atomic E-state index is -5.05. The smallest absolute Gasteiger partial charge is 0.419 e. The van der Waals surface area contributed by atoms with E-state index in [1.165, 1.54) is 23.5 Å². The van der Waals surface area contributed by atoms with E-state index in [-0.39, 0.29) is 56.0 Å². The summed E-state index contributed by atoms with van der Waals surface area (Å²) in [5, 5.41) is 4.86. The fourth-order valence-electron chi connectivity index (χ4n) is 5.30. The number of carbonyl (C=O) groups is 2. The number of hydrogen-bond donors (Lipinski definition) is 3. The summed E-state index contributed by atoms with van der Waals surface area (Å²) in [4.78, 5) is 26.5. The van der Waals surface area contributed by atoms with Crippen LogP contribution in [0.5, 0.6) is 5.75 Å².